The second-order valence-corrected chi connectivity index (χ2v) is 5.84. The van der Waals surface area contributed by atoms with E-state index in [-0.39, 0.29) is 24.6 Å². The van der Waals surface area contributed by atoms with Crippen LogP contribution in [-0.4, -0.2) is 31.4 Å². The molecule has 0 fully saturated rings. The fraction of sp³-hybridized carbons (Fsp3) is 0.562. The summed E-state index contributed by atoms with van der Waals surface area (Å²) in [5.41, 5.74) is 2.28. The lowest BCUT2D eigenvalue weighted by molar-refractivity contribution is 0.0482. The Kier molecular flexibility index (Phi) is 5.57. The van der Waals surface area contributed by atoms with Crippen LogP contribution >= 0.6 is 0 Å². The number of ether oxygens (including phenoxy) is 2. The molecule has 0 aliphatic carbocycles. The SMILES string of the molecule is COc1c(C)cc(C(=O)OCCCO)cc1C(C)(C)C. The predicted molar refractivity (Wildman–Crippen MR) is 78.4 cm³/mol. The lowest BCUT2D eigenvalue weighted by Gasteiger charge is -2.24. The van der Waals surface area contributed by atoms with Gasteiger partial charge in [0.1, 0.15) is 5.75 Å². The Hall–Kier alpha value is -1.55. The van der Waals surface area contributed by atoms with Crippen molar-refractivity contribution in [1.29, 1.82) is 0 Å². The molecule has 0 aliphatic rings. The van der Waals surface area contributed by atoms with Crippen molar-refractivity contribution >= 4 is 5.97 Å². The zero-order valence-electron chi connectivity index (χ0n) is 12.9. The topological polar surface area (TPSA) is 55.8 Å². The molecule has 0 aliphatic heterocycles. The van der Waals surface area contributed by atoms with Gasteiger partial charge in [0, 0.05) is 18.6 Å². The van der Waals surface area contributed by atoms with Crippen molar-refractivity contribution in [2.45, 2.75) is 39.5 Å². The molecule has 1 rings (SSSR count). The predicted octanol–water partition coefficient (Wildman–Crippen LogP) is 2.84. The maximum absolute atomic E-state index is 12.0. The van der Waals surface area contributed by atoms with E-state index in [2.05, 4.69) is 20.8 Å². The van der Waals surface area contributed by atoms with Crippen molar-refractivity contribution in [2.75, 3.05) is 20.3 Å². The van der Waals surface area contributed by atoms with E-state index in [0.29, 0.717) is 12.0 Å². The van der Waals surface area contributed by atoms with Gasteiger partial charge in [-0.25, -0.2) is 4.79 Å². The van der Waals surface area contributed by atoms with Crippen LogP contribution < -0.4 is 4.74 Å². The average molecular weight is 280 g/mol. The van der Waals surface area contributed by atoms with Crippen LogP contribution in [0.15, 0.2) is 12.1 Å². The van der Waals surface area contributed by atoms with E-state index in [0.717, 1.165) is 16.9 Å². The fourth-order valence-corrected chi connectivity index (χ4v) is 2.03. The Morgan fingerprint density at radius 1 is 1.30 bits per heavy atom. The van der Waals surface area contributed by atoms with Gasteiger partial charge in [-0.1, -0.05) is 20.8 Å². The van der Waals surface area contributed by atoms with Crippen LogP contribution in [0.4, 0.5) is 0 Å². The number of aryl methyl sites for hydroxylation is 1. The summed E-state index contributed by atoms with van der Waals surface area (Å²) in [5, 5.41) is 8.71. The molecule has 0 spiro atoms. The van der Waals surface area contributed by atoms with E-state index in [4.69, 9.17) is 14.6 Å². The van der Waals surface area contributed by atoms with Crippen LogP contribution in [0.2, 0.25) is 0 Å². The zero-order valence-corrected chi connectivity index (χ0v) is 12.9. The van der Waals surface area contributed by atoms with Gasteiger partial charge in [-0.3, -0.25) is 0 Å². The van der Waals surface area contributed by atoms with E-state index in [9.17, 15) is 4.79 Å². The average Bonchev–Trinajstić information content (AvgIpc) is 2.36. The largest absolute Gasteiger partial charge is 0.496 e. The van der Waals surface area contributed by atoms with Gasteiger partial charge in [-0.05, 0) is 30.0 Å². The molecular formula is C16H24O4. The Labute approximate surface area is 120 Å². The van der Waals surface area contributed by atoms with Crippen molar-refractivity contribution in [3.8, 4) is 5.75 Å². The third kappa shape index (κ3) is 3.97. The number of hydrogen-bond acceptors (Lipinski definition) is 4. The van der Waals surface area contributed by atoms with Gasteiger partial charge in [0.05, 0.1) is 19.3 Å². The van der Waals surface area contributed by atoms with Crippen molar-refractivity contribution in [3.63, 3.8) is 0 Å². The number of benzene rings is 1. The summed E-state index contributed by atoms with van der Waals surface area (Å²) in [6, 6.07) is 3.60. The Bertz CT molecular complexity index is 472. The van der Waals surface area contributed by atoms with Crippen molar-refractivity contribution in [1.82, 2.24) is 0 Å². The van der Waals surface area contributed by atoms with Gasteiger partial charge in [0.25, 0.3) is 0 Å². The first-order valence-corrected chi connectivity index (χ1v) is 6.78. The molecule has 0 saturated heterocycles. The minimum atomic E-state index is -0.366. The molecule has 20 heavy (non-hydrogen) atoms. The van der Waals surface area contributed by atoms with Crippen molar-refractivity contribution < 1.29 is 19.4 Å². The highest BCUT2D eigenvalue weighted by Crippen LogP contribution is 2.35. The minimum absolute atomic E-state index is 0.0160. The molecule has 112 valence electrons. The number of hydrogen-bond donors (Lipinski definition) is 1. The minimum Gasteiger partial charge on any atom is -0.496 e. The van der Waals surface area contributed by atoms with Crippen molar-refractivity contribution in [3.05, 3.63) is 28.8 Å². The van der Waals surface area contributed by atoms with Crippen LogP contribution in [0.1, 0.15) is 48.7 Å². The van der Waals surface area contributed by atoms with Gasteiger partial charge in [0.2, 0.25) is 0 Å². The Morgan fingerprint density at radius 3 is 2.45 bits per heavy atom. The fourth-order valence-electron chi connectivity index (χ4n) is 2.03. The molecule has 0 amide bonds. The maximum atomic E-state index is 12.0. The molecule has 0 radical (unpaired) electrons. The molecular weight excluding hydrogens is 256 g/mol. The highest BCUT2D eigenvalue weighted by molar-refractivity contribution is 5.90. The smallest absolute Gasteiger partial charge is 0.338 e. The third-order valence-electron chi connectivity index (χ3n) is 3.06. The molecule has 0 aromatic heterocycles. The maximum Gasteiger partial charge on any atom is 0.338 e. The summed E-state index contributed by atoms with van der Waals surface area (Å²) in [6.45, 7) is 8.38. The number of esters is 1. The summed E-state index contributed by atoms with van der Waals surface area (Å²) in [5.74, 6) is 0.444. The summed E-state index contributed by atoms with van der Waals surface area (Å²) in [7, 11) is 1.64. The van der Waals surface area contributed by atoms with Gasteiger partial charge in [0.15, 0.2) is 0 Å². The van der Waals surface area contributed by atoms with Crippen LogP contribution in [0.5, 0.6) is 5.75 Å². The van der Waals surface area contributed by atoms with Gasteiger partial charge in [-0.15, -0.1) is 0 Å². The molecule has 0 saturated carbocycles. The second kappa shape index (κ2) is 6.75. The number of carbonyl (C=O) groups is 1. The molecule has 1 aromatic carbocycles. The number of aliphatic hydroxyl groups is 1. The summed E-state index contributed by atoms with van der Waals surface area (Å²) in [6.07, 6.45) is 0.451. The molecule has 0 atom stereocenters. The number of carbonyl (C=O) groups excluding carboxylic acids is 1. The summed E-state index contributed by atoms with van der Waals surface area (Å²) in [4.78, 5) is 12.0. The van der Waals surface area contributed by atoms with E-state index in [1.54, 1.807) is 13.2 Å². The number of methoxy groups -OCH3 is 1. The normalized spacial score (nSPS) is 11.3. The number of rotatable bonds is 5. The second-order valence-electron chi connectivity index (χ2n) is 5.84. The zero-order chi connectivity index (χ0) is 15.3. The van der Waals surface area contributed by atoms with Gasteiger partial charge < -0.3 is 14.6 Å². The Balaban J connectivity index is 3.11. The summed E-state index contributed by atoms with van der Waals surface area (Å²) >= 11 is 0. The first kappa shape index (κ1) is 16.5. The van der Waals surface area contributed by atoms with Gasteiger partial charge >= 0.3 is 5.97 Å². The first-order chi connectivity index (χ1) is 9.31. The van der Waals surface area contributed by atoms with Crippen LogP contribution in [0.3, 0.4) is 0 Å². The third-order valence-corrected chi connectivity index (χ3v) is 3.06. The quantitative estimate of drug-likeness (QED) is 0.665. The monoisotopic (exact) mass is 280 g/mol. The van der Waals surface area contributed by atoms with Gasteiger partial charge in [-0.2, -0.15) is 0 Å². The molecule has 4 nitrogen and oxygen atoms in total. The van der Waals surface area contributed by atoms with E-state index in [1.807, 2.05) is 13.0 Å². The standard InChI is InChI=1S/C16H24O4/c1-11-9-12(15(18)20-8-6-7-17)10-13(14(11)19-5)16(2,3)4/h9-10,17H,6-8H2,1-5H3. The molecule has 1 aromatic rings. The lowest BCUT2D eigenvalue weighted by atomic mass is 9.84. The molecule has 4 heteroatoms. The van der Waals surface area contributed by atoms with Crippen LogP contribution in [0, 0.1) is 6.92 Å². The van der Waals surface area contributed by atoms with Crippen LogP contribution in [-0.2, 0) is 10.2 Å². The molecule has 1 N–H and O–H groups in total. The molecule has 0 heterocycles. The van der Waals surface area contributed by atoms with Crippen LogP contribution in [0.25, 0.3) is 0 Å². The first-order valence-electron chi connectivity index (χ1n) is 6.78. The Morgan fingerprint density at radius 2 is 1.95 bits per heavy atom. The highest BCUT2D eigenvalue weighted by Gasteiger charge is 2.23. The van der Waals surface area contributed by atoms with Crippen molar-refractivity contribution in [2.24, 2.45) is 0 Å². The molecule has 0 bridgehead atoms. The van der Waals surface area contributed by atoms with E-state index < -0.39 is 0 Å². The van der Waals surface area contributed by atoms with E-state index in [1.165, 1.54) is 0 Å². The highest BCUT2D eigenvalue weighted by atomic mass is 16.5. The number of aliphatic hydroxyl groups excluding tert-OH is 1. The molecule has 0 unspecified atom stereocenters. The lowest BCUT2D eigenvalue weighted by Crippen LogP contribution is -2.16. The van der Waals surface area contributed by atoms with E-state index >= 15 is 0 Å². The summed E-state index contributed by atoms with van der Waals surface area (Å²) < 4.78 is 10.6.